The fraction of sp³-hybridized carbons (Fsp3) is 0.538. The highest BCUT2D eigenvalue weighted by molar-refractivity contribution is 5.27. The summed E-state index contributed by atoms with van der Waals surface area (Å²) in [5, 5.41) is 12.8. The number of ether oxygens (including phenoxy) is 1. The molecule has 1 saturated heterocycles. The predicted octanol–water partition coefficient (Wildman–Crippen LogP) is 2.22. The van der Waals surface area contributed by atoms with E-state index in [9.17, 15) is 5.11 Å². The number of hydrogen-bond donors (Lipinski definition) is 2. The topological polar surface area (TPSA) is 41.5 Å². The van der Waals surface area contributed by atoms with E-state index >= 15 is 0 Å². The van der Waals surface area contributed by atoms with E-state index < -0.39 is 0 Å². The lowest BCUT2D eigenvalue weighted by Crippen LogP contribution is -2.36. The molecule has 1 fully saturated rings. The first-order valence-corrected chi connectivity index (χ1v) is 5.83. The van der Waals surface area contributed by atoms with Crippen LogP contribution < -0.4 is 5.32 Å². The Hall–Kier alpha value is -1.06. The van der Waals surface area contributed by atoms with Gasteiger partial charge < -0.3 is 15.2 Å². The van der Waals surface area contributed by atoms with Crippen molar-refractivity contribution in [3.05, 3.63) is 29.8 Å². The van der Waals surface area contributed by atoms with E-state index in [1.165, 1.54) is 5.56 Å². The van der Waals surface area contributed by atoms with Gasteiger partial charge in [0.05, 0.1) is 6.10 Å². The molecule has 0 amide bonds. The third-order valence-electron chi connectivity index (χ3n) is 3.23. The zero-order chi connectivity index (χ0) is 11.5. The zero-order valence-electron chi connectivity index (χ0n) is 9.81. The van der Waals surface area contributed by atoms with Crippen LogP contribution in [0.5, 0.6) is 5.75 Å². The van der Waals surface area contributed by atoms with Crippen molar-refractivity contribution in [3.63, 3.8) is 0 Å². The fourth-order valence-electron chi connectivity index (χ4n) is 2.13. The second-order valence-corrected chi connectivity index (χ2v) is 4.45. The van der Waals surface area contributed by atoms with Gasteiger partial charge in [-0.25, -0.2) is 0 Å². The summed E-state index contributed by atoms with van der Waals surface area (Å²) in [7, 11) is 0. The number of benzene rings is 1. The van der Waals surface area contributed by atoms with Crippen molar-refractivity contribution in [2.75, 3.05) is 6.61 Å². The molecule has 88 valence electrons. The summed E-state index contributed by atoms with van der Waals surface area (Å²) in [4.78, 5) is 0. The van der Waals surface area contributed by atoms with Crippen molar-refractivity contribution in [2.24, 2.45) is 0 Å². The first-order chi connectivity index (χ1) is 7.66. The van der Waals surface area contributed by atoms with Gasteiger partial charge in [-0.1, -0.05) is 12.1 Å². The van der Waals surface area contributed by atoms with Crippen molar-refractivity contribution >= 4 is 0 Å². The van der Waals surface area contributed by atoms with Gasteiger partial charge in [0, 0.05) is 18.7 Å². The number of aromatic hydroxyl groups is 1. The summed E-state index contributed by atoms with van der Waals surface area (Å²) in [5.41, 5.74) is 1.19. The molecule has 3 nitrogen and oxygen atoms in total. The van der Waals surface area contributed by atoms with E-state index in [4.69, 9.17) is 4.74 Å². The summed E-state index contributed by atoms with van der Waals surface area (Å²) in [5.74, 6) is 0.313. The maximum absolute atomic E-state index is 9.22. The van der Waals surface area contributed by atoms with E-state index in [2.05, 4.69) is 19.2 Å². The molecule has 1 heterocycles. The molecule has 16 heavy (non-hydrogen) atoms. The maximum Gasteiger partial charge on any atom is 0.115 e. The average Bonchev–Trinajstić information content (AvgIpc) is 2.65. The van der Waals surface area contributed by atoms with Crippen LogP contribution in [0.2, 0.25) is 0 Å². The van der Waals surface area contributed by atoms with Crippen molar-refractivity contribution in [2.45, 2.75) is 38.5 Å². The quantitative estimate of drug-likeness (QED) is 0.822. The van der Waals surface area contributed by atoms with Gasteiger partial charge in [0.25, 0.3) is 0 Å². The van der Waals surface area contributed by atoms with Gasteiger partial charge in [-0.2, -0.15) is 0 Å². The van der Waals surface area contributed by atoms with Crippen LogP contribution in [0.1, 0.15) is 31.9 Å². The lowest BCUT2D eigenvalue weighted by atomic mass is 10.1. The maximum atomic E-state index is 9.22. The number of rotatable bonds is 3. The second kappa shape index (κ2) is 4.85. The van der Waals surface area contributed by atoms with Crippen molar-refractivity contribution in [3.8, 4) is 5.75 Å². The molecule has 0 spiro atoms. The average molecular weight is 221 g/mol. The molecule has 1 aromatic rings. The molecular weight excluding hydrogens is 202 g/mol. The molecule has 0 saturated carbocycles. The molecule has 2 N–H and O–H groups in total. The minimum atomic E-state index is 0.287. The number of hydrogen-bond acceptors (Lipinski definition) is 3. The summed E-state index contributed by atoms with van der Waals surface area (Å²) in [6.07, 6.45) is 1.36. The Morgan fingerprint density at radius 2 is 2.06 bits per heavy atom. The van der Waals surface area contributed by atoms with Crippen LogP contribution in [0.3, 0.4) is 0 Å². The molecule has 0 aromatic heterocycles. The molecular formula is C13H19NO2. The van der Waals surface area contributed by atoms with Crippen LogP contribution in [0, 0.1) is 0 Å². The third-order valence-corrected chi connectivity index (χ3v) is 3.23. The van der Waals surface area contributed by atoms with Gasteiger partial charge >= 0.3 is 0 Å². The normalized spacial score (nSPS) is 26.9. The molecule has 0 aliphatic carbocycles. The smallest absolute Gasteiger partial charge is 0.115 e. The molecule has 3 unspecified atom stereocenters. The third kappa shape index (κ3) is 2.54. The Morgan fingerprint density at radius 1 is 1.38 bits per heavy atom. The first kappa shape index (κ1) is 11.4. The van der Waals surface area contributed by atoms with E-state index in [1.54, 1.807) is 12.1 Å². The number of nitrogens with one attached hydrogen (secondary N) is 1. The zero-order valence-corrected chi connectivity index (χ0v) is 9.81. The molecule has 3 heteroatoms. The fourth-order valence-corrected chi connectivity index (χ4v) is 2.13. The minimum Gasteiger partial charge on any atom is -0.508 e. The summed E-state index contributed by atoms with van der Waals surface area (Å²) in [6.45, 7) is 5.09. The van der Waals surface area contributed by atoms with E-state index in [0.29, 0.717) is 17.9 Å². The van der Waals surface area contributed by atoms with Gasteiger partial charge in [0.15, 0.2) is 0 Å². The lowest BCUT2D eigenvalue weighted by Gasteiger charge is -2.22. The first-order valence-electron chi connectivity index (χ1n) is 5.83. The molecule has 1 aromatic carbocycles. The van der Waals surface area contributed by atoms with Crippen molar-refractivity contribution in [1.29, 1.82) is 0 Å². The Morgan fingerprint density at radius 3 is 2.62 bits per heavy atom. The Labute approximate surface area is 96.4 Å². The standard InChI is InChI=1S/C13H19NO2/c1-9(11-3-5-12(15)6-4-11)14-13-7-8-16-10(13)2/h3-6,9-10,13-15H,7-8H2,1-2H3. The molecule has 2 rings (SSSR count). The van der Waals surface area contributed by atoms with Crippen molar-refractivity contribution in [1.82, 2.24) is 5.32 Å². The predicted molar refractivity (Wildman–Crippen MR) is 63.5 cm³/mol. The van der Waals surface area contributed by atoms with Crippen LogP contribution in [-0.4, -0.2) is 23.9 Å². The minimum absolute atomic E-state index is 0.287. The SMILES string of the molecule is CC(NC1CCOC1C)c1ccc(O)cc1. The van der Waals surface area contributed by atoms with Crippen LogP contribution >= 0.6 is 0 Å². The van der Waals surface area contributed by atoms with Gasteiger partial charge in [-0.05, 0) is 38.0 Å². The highest BCUT2D eigenvalue weighted by Crippen LogP contribution is 2.20. The highest BCUT2D eigenvalue weighted by Gasteiger charge is 2.25. The lowest BCUT2D eigenvalue weighted by molar-refractivity contribution is 0.111. The Bertz CT molecular complexity index is 336. The van der Waals surface area contributed by atoms with Gasteiger partial charge in [0.2, 0.25) is 0 Å². The Balaban J connectivity index is 1.97. The number of phenols is 1. The van der Waals surface area contributed by atoms with Gasteiger partial charge in [-0.15, -0.1) is 0 Å². The summed E-state index contributed by atoms with van der Waals surface area (Å²) < 4.78 is 5.52. The molecule has 0 bridgehead atoms. The van der Waals surface area contributed by atoms with Crippen LogP contribution in [-0.2, 0) is 4.74 Å². The number of phenolic OH excluding ortho intramolecular Hbond substituents is 1. The van der Waals surface area contributed by atoms with Crippen LogP contribution in [0.4, 0.5) is 0 Å². The monoisotopic (exact) mass is 221 g/mol. The molecule has 3 atom stereocenters. The molecule has 0 radical (unpaired) electrons. The van der Waals surface area contributed by atoms with Gasteiger partial charge in [0.1, 0.15) is 5.75 Å². The summed E-state index contributed by atoms with van der Waals surface area (Å²) >= 11 is 0. The van der Waals surface area contributed by atoms with Crippen LogP contribution in [0.25, 0.3) is 0 Å². The van der Waals surface area contributed by atoms with E-state index in [1.807, 2.05) is 12.1 Å². The summed E-state index contributed by atoms with van der Waals surface area (Å²) in [6, 6.07) is 8.07. The van der Waals surface area contributed by atoms with E-state index in [0.717, 1.165) is 13.0 Å². The van der Waals surface area contributed by atoms with Crippen LogP contribution in [0.15, 0.2) is 24.3 Å². The largest absolute Gasteiger partial charge is 0.508 e. The molecule has 1 aliphatic rings. The highest BCUT2D eigenvalue weighted by atomic mass is 16.5. The Kier molecular flexibility index (Phi) is 3.46. The van der Waals surface area contributed by atoms with Gasteiger partial charge in [-0.3, -0.25) is 0 Å². The van der Waals surface area contributed by atoms with Crippen molar-refractivity contribution < 1.29 is 9.84 Å². The van der Waals surface area contributed by atoms with E-state index in [-0.39, 0.29) is 6.04 Å². The molecule has 1 aliphatic heterocycles. The second-order valence-electron chi connectivity index (χ2n) is 4.45.